The Labute approximate surface area is 127 Å². The summed E-state index contributed by atoms with van der Waals surface area (Å²) in [4.78, 5) is 13.9. The first-order chi connectivity index (χ1) is 10.2. The van der Waals surface area contributed by atoms with Gasteiger partial charge in [-0.25, -0.2) is 4.79 Å². The maximum absolute atomic E-state index is 12.1. The maximum atomic E-state index is 12.1. The average Bonchev–Trinajstić information content (AvgIpc) is 2.52. The van der Waals surface area contributed by atoms with Gasteiger partial charge in [-0.05, 0) is 38.2 Å². The van der Waals surface area contributed by atoms with Gasteiger partial charge < -0.3 is 15.3 Å². The Morgan fingerprint density at radius 1 is 1.43 bits per heavy atom. The van der Waals surface area contributed by atoms with E-state index in [1.54, 1.807) is 0 Å². The largest absolute Gasteiger partial charge is 0.393 e. The van der Waals surface area contributed by atoms with Gasteiger partial charge in [0.2, 0.25) is 0 Å². The second-order valence-corrected chi connectivity index (χ2v) is 5.91. The van der Waals surface area contributed by atoms with Crippen LogP contribution in [-0.2, 0) is 6.42 Å². The molecule has 0 bridgehead atoms. The zero-order valence-electron chi connectivity index (χ0n) is 12.8. The molecule has 4 heteroatoms. The molecular formula is C17H26N2O2. The van der Waals surface area contributed by atoms with E-state index in [9.17, 15) is 9.90 Å². The lowest BCUT2D eigenvalue weighted by atomic mass is 9.94. The first kappa shape index (κ1) is 15.8. The number of nitrogens with one attached hydrogen (secondary N) is 1. The fourth-order valence-electron chi connectivity index (χ4n) is 2.83. The summed E-state index contributed by atoms with van der Waals surface area (Å²) in [5.74, 6) is 0.216. The van der Waals surface area contributed by atoms with Crippen LogP contribution in [0, 0.1) is 5.92 Å². The van der Waals surface area contributed by atoms with Gasteiger partial charge in [-0.3, -0.25) is 0 Å². The third-order valence-corrected chi connectivity index (χ3v) is 4.19. The van der Waals surface area contributed by atoms with Crippen LogP contribution in [-0.4, -0.2) is 41.8 Å². The summed E-state index contributed by atoms with van der Waals surface area (Å²) >= 11 is 0. The van der Waals surface area contributed by atoms with Gasteiger partial charge in [-0.15, -0.1) is 0 Å². The SMILES string of the molecule is CC(O)C1CCCN(C(=O)NCCCc2ccccc2)C1. The van der Waals surface area contributed by atoms with E-state index in [0.29, 0.717) is 13.1 Å². The van der Waals surface area contributed by atoms with Gasteiger partial charge in [0.15, 0.2) is 0 Å². The molecule has 2 N–H and O–H groups in total. The van der Waals surface area contributed by atoms with E-state index in [-0.39, 0.29) is 18.1 Å². The lowest BCUT2D eigenvalue weighted by Gasteiger charge is -2.34. The fourth-order valence-corrected chi connectivity index (χ4v) is 2.83. The molecule has 2 rings (SSSR count). The lowest BCUT2D eigenvalue weighted by molar-refractivity contribution is 0.0739. The minimum absolute atomic E-state index is 0.00779. The Kier molecular flexibility index (Phi) is 6.05. The molecule has 1 aliphatic heterocycles. The van der Waals surface area contributed by atoms with Crippen molar-refractivity contribution in [1.29, 1.82) is 0 Å². The van der Waals surface area contributed by atoms with Crippen LogP contribution >= 0.6 is 0 Å². The standard InChI is InChI=1S/C17H26N2O2/c1-14(20)16-10-6-12-19(13-16)17(21)18-11-5-9-15-7-3-2-4-8-15/h2-4,7-8,14,16,20H,5-6,9-13H2,1H3,(H,18,21). The second-order valence-electron chi connectivity index (χ2n) is 5.91. The van der Waals surface area contributed by atoms with Crippen molar-refractivity contribution in [2.45, 2.75) is 38.7 Å². The maximum Gasteiger partial charge on any atom is 0.317 e. The van der Waals surface area contributed by atoms with Crippen LogP contribution in [0.2, 0.25) is 0 Å². The number of carbonyl (C=O) groups excluding carboxylic acids is 1. The van der Waals surface area contributed by atoms with E-state index >= 15 is 0 Å². The molecule has 0 radical (unpaired) electrons. The molecule has 4 nitrogen and oxygen atoms in total. The van der Waals surface area contributed by atoms with E-state index in [1.807, 2.05) is 30.0 Å². The van der Waals surface area contributed by atoms with Crippen molar-refractivity contribution < 1.29 is 9.90 Å². The Morgan fingerprint density at radius 3 is 2.90 bits per heavy atom. The summed E-state index contributed by atoms with van der Waals surface area (Å²) in [6.45, 7) is 3.98. The van der Waals surface area contributed by atoms with Crippen molar-refractivity contribution in [3.63, 3.8) is 0 Å². The van der Waals surface area contributed by atoms with Crippen molar-refractivity contribution in [3.8, 4) is 0 Å². The van der Waals surface area contributed by atoms with Crippen LogP contribution in [0.5, 0.6) is 0 Å². The summed E-state index contributed by atoms with van der Waals surface area (Å²) in [5, 5.41) is 12.6. The number of hydrogen-bond acceptors (Lipinski definition) is 2. The smallest absolute Gasteiger partial charge is 0.317 e. The lowest BCUT2D eigenvalue weighted by Crippen LogP contribution is -2.47. The Balaban J connectivity index is 1.67. The molecule has 2 amide bonds. The van der Waals surface area contributed by atoms with Crippen LogP contribution < -0.4 is 5.32 Å². The Bertz CT molecular complexity index is 434. The molecule has 21 heavy (non-hydrogen) atoms. The number of aliphatic hydroxyl groups is 1. The molecule has 0 saturated carbocycles. The summed E-state index contributed by atoms with van der Waals surface area (Å²) in [6.07, 6.45) is 3.59. The van der Waals surface area contributed by atoms with Gasteiger partial charge in [0.05, 0.1) is 6.10 Å². The Morgan fingerprint density at radius 2 is 2.19 bits per heavy atom. The Hall–Kier alpha value is -1.55. The topological polar surface area (TPSA) is 52.6 Å². The predicted molar refractivity (Wildman–Crippen MR) is 84.1 cm³/mol. The number of carbonyl (C=O) groups is 1. The highest BCUT2D eigenvalue weighted by Crippen LogP contribution is 2.19. The molecule has 1 aromatic carbocycles. The number of urea groups is 1. The summed E-state index contributed by atoms with van der Waals surface area (Å²) in [5.41, 5.74) is 1.30. The highest BCUT2D eigenvalue weighted by molar-refractivity contribution is 5.74. The first-order valence-corrected chi connectivity index (χ1v) is 7.91. The summed E-state index contributed by atoms with van der Waals surface area (Å²) < 4.78 is 0. The van der Waals surface area contributed by atoms with Gasteiger partial charge in [0.1, 0.15) is 0 Å². The number of amides is 2. The molecule has 2 atom stereocenters. The molecule has 0 aromatic heterocycles. The number of nitrogens with zero attached hydrogens (tertiary/aromatic N) is 1. The second kappa shape index (κ2) is 8.03. The van der Waals surface area contributed by atoms with E-state index in [1.165, 1.54) is 5.56 Å². The van der Waals surface area contributed by atoms with E-state index in [0.717, 1.165) is 32.2 Å². The minimum Gasteiger partial charge on any atom is -0.393 e. The van der Waals surface area contributed by atoms with Gasteiger partial charge in [-0.2, -0.15) is 0 Å². The van der Waals surface area contributed by atoms with Crippen molar-refractivity contribution >= 4 is 6.03 Å². The number of aryl methyl sites for hydroxylation is 1. The quantitative estimate of drug-likeness (QED) is 0.818. The van der Waals surface area contributed by atoms with Gasteiger partial charge in [0.25, 0.3) is 0 Å². The zero-order valence-corrected chi connectivity index (χ0v) is 12.8. The molecule has 0 aliphatic carbocycles. The highest BCUT2D eigenvalue weighted by atomic mass is 16.3. The number of piperidine rings is 1. The summed E-state index contributed by atoms with van der Waals surface area (Å²) in [7, 11) is 0. The van der Waals surface area contributed by atoms with Crippen molar-refractivity contribution in [2.24, 2.45) is 5.92 Å². The third-order valence-electron chi connectivity index (χ3n) is 4.19. The van der Waals surface area contributed by atoms with Crippen LogP contribution in [0.15, 0.2) is 30.3 Å². The highest BCUT2D eigenvalue weighted by Gasteiger charge is 2.26. The average molecular weight is 290 g/mol. The van der Waals surface area contributed by atoms with Crippen LogP contribution in [0.1, 0.15) is 31.7 Å². The molecule has 1 fully saturated rings. The third kappa shape index (κ3) is 5.05. The molecular weight excluding hydrogens is 264 g/mol. The van der Waals surface area contributed by atoms with E-state index in [2.05, 4.69) is 17.4 Å². The van der Waals surface area contributed by atoms with Crippen molar-refractivity contribution in [3.05, 3.63) is 35.9 Å². The zero-order chi connectivity index (χ0) is 15.1. The number of benzene rings is 1. The molecule has 0 spiro atoms. The normalized spacial score (nSPS) is 20.1. The predicted octanol–water partition coefficient (Wildman–Crippen LogP) is 2.42. The monoisotopic (exact) mass is 290 g/mol. The number of rotatable bonds is 5. The first-order valence-electron chi connectivity index (χ1n) is 7.91. The van der Waals surface area contributed by atoms with E-state index in [4.69, 9.17) is 0 Å². The molecule has 1 saturated heterocycles. The molecule has 1 aliphatic rings. The van der Waals surface area contributed by atoms with Crippen LogP contribution in [0.25, 0.3) is 0 Å². The van der Waals surface area contributed by atoms with Gasteiger partial charge >= 0.3 is 6.03 Å². The van der Waals surface area contributed by atoms with Crippen molar-refractivity contribution in [2.75, 3.05) is 19.6 Å². The molecule has 2 unspecified atom stereocenters. The number of aliphatic hydroxyl groups excluding tert-OH is 1. The minimum atomic E-state index is -0.335. The van der Waals surface area contributed by atoms with Crippen molar-refractivity contribution in [1.82, 2.24) is 10.2 Å². The number of likely N-dealkylation sites (tertiary alicyclic amines) is 1. The summed E-state index contributed by atoms with van der Waals surface area (Å²) in [6, 6.07) is 10.3. The fraction of sp³-hybridized carbons (Fsp3) is 0.588. The molecule has 1 heterocycles. The van der Waals surface area contributed by atoms with Gasteiger partial charge in [0, 0.05) is 25.6 Å². The van der Waals surface area contributed by atoms with Crippen LogP contribution in [0.4, 0.5) is 4.79 Å². The van der Waals surface area contributed by atoms with E-state index < -0.39 is 0 Å². The number of hydrogen-bond donors (Lipinski definition) is 2. The van der Waals surface area contributed by atoms with Crippen LogP contribution in [0.3, 0.4) is 0 Å². The van der Waals surface area contributed by atoms with Gasteiger partial charge in [-0.1, -0.05) is 30.3 Å². The molecule has 1 aromatic rings. The molecule has 116 valence electrons.